The van der Waals surface area contributed by atoms with Crippen LogP contribution in [0.15, 0.2) is 53.5 Å². The molecule has 0 radical (unpaired) electrons. The van der Waals surface area contributed by atoms with E-state index in [1.807, 2.05) is 6.92 Å². The molecule has 1 atom stereocenters. The quantitative estimate of drug-likeness (QED) is 0.435. The van der Waals surface area contributed by atoms with Crippen molar-refractivity contribution in [2.24, 2.45) is 5.73 Å². The molecule has 3 N–H and O–H groups in total. The van der Waals surface area contributed by atoms with Gasteiger partial charge < -0.3 is 20.2 Å². The summed E-state index contributed by atoms with van der Waals surface area (Å²) < 4.78 is 47.8. The molecule has 1 fully saturated rings. The molecule has 0 amide bonds. The van der Waals surface area contributed by atoms with E-state index in [4.69, 9.17) is 22.1 Å². The van der Waals surface area contributed by atoms with Gasteiger partial charge in [0.15, 0.2) is 0 Å². The number of benzene rings is 2. The molecule has 1 aliphatic rings. The lowest BCUT2D eigenvalue weighted by Crippen LogP contribution is -2.48. The average molecular weight is 495 g/mol. The van der Waals surface area contributed by atoms with E-state index in [-0.39, 0.29) is 28.9 Å². The molecule has 0 saturated heterocycles. The van der Waals surface area contributed by atoms with Gasteiger partial charge in [0.25, 0.3) is 5.56 Å². The molecule has 182 valence electrons. The molecule has 0 unspecified atom stereocenters. The minimum atomic E-state index is -4.73. The first kappa shape index (κ1) is 24.4. The van der Waals surface area contributed by atoms with Crippen LogP contribution in [0.4, 0.5) is 13.2 Å². The topological polar surface area (TPSA) is 77.3 Å². The number of halogens is 4. The maximum absolute atomic E-state index is 12.5. The van der Waals surface area contributed by atoms with Crippen molar-refractivity contribution in [1.82, 2.24) is 4.98 Å². The number of fused-ring (bicyclic) bond motifs is 1. The second kappa shape index (κ2) is 9.50. The van der Waals surface area contributed by atoms with Crippen molar-refractivity contribution in [3.05, 3.63) is 69.6 Å². The highest BCUT2D eigenvalue weighted by molar-refractivity contribution is 6.32. The Balaban J connectivity index is 1.52. The third-order valence-electron chi connectivity index (χ3n) is 6.76. The minimum Gasteiger partial charge on any atom is -0.489 e. The Hall–Kier alpha value is -2.71. The van der Waals surface area contributed by atoms with Gasteiger partial charge in [0.05, 0.1) is 11.1 Å². The van der Waals surface area contributed by atoms with Crippen LogP contribution in [-0.4, -0.2) is 23.5 Å². The third kappa shape index (κ3) is 5.03. The lowest BCUT2D eigenvalue weighted by Gasteiger charge is -2.44. The van der Waals surface area contributed by atoms with Crippen LogP contribution in [0.1, 0.15) is 44.6 Å². The molecular formula is C25H26ClF3N2O3. The lowest BCUT2D eigenvalue weighted by molar-refractivity contribution is -0.274. The Morgan fingerprint density at radius 1 is 1.18 bits per heavy atom. The number of rotatable bonds is 6. The molecule has 9 heteroatoms. The molecule has 1 aromatic heterocycles. The highest BCUT2D eigenvalue weighted by atomic mass is 35.5. The van der Waals surface area contributed by atoms with Gasteiger partial charge in [-0.15, -0.1) is 13.2 Å². The fourth-order valence-electron chi connectivity index (χ4n) is 4.94. The lowest BCUT2D eigenvalue weighted by atomic mass is 9.64. The van der Waals surface area contributed by atoms with Gasteiger partial charge >= 0.3 is 6.36 Å². The standard InChI is InChI=1S/C25H26ClF3N2O3/c1-2-22(30)24(16-3-5-18(6-4-16)34-25(27,28)29)10-7-17(8-11-24)33-21-13-15-9-12-31-23(32)19(15)14-20(21)26/h3-6,9,12-14,17,22H,2,7-8,10-11,30H2,1H3,(H,31,32)/t17-,22-,24-/m1/s1. The van der Waals surface area contributed by atoms with Crippen molar-refractivity contribution in [3.63, 3.8) is 0 Å². The van der Waals surface area contributed by atoms with Gasteiger partial charge in [-0.1, -0.05) is 30.7 Å². The fraction of sp³-hybridized carbons (Fsp3) is 0.400. The van der Waals surface area contributed by atoms with E-state index in [2.05, 4.69) is 9.72 Å². The van der Waals surface area contributed by atoms with E-state index in [1.54, 1.807) is 36.5 Å². The maximum Gasteiger partial charge on any atom is 0.573 e. The van der Waals surface area contributed by atoms with Crippen molar-refractivity contribution < 1.29 is 22.6 Å². The van der Waals surface area contributed by atoms with E-state index in [0.29, 0.717) is 29.0 Å². The summed E-state index contributed by atoms with van der Waals surface area (Å²) in [7, 11) is 0. The second-order valence-electron chi connectivity index (χ2n) is 8.74. The first-order valence-corrected chi connectivity index (χ1v) is 11.6. The van der Waals surface area contributed by atoms with Gasteiger partial charge in [-0.3, -0.25) is 4.79 Å². The Morgan fingerprint density at radius 3 is 2.47 bits per heavy atom. The normalized spacial score (nSPS) is 21.9. The SMILES string of the molecule is CC[C@@H](N)[C@]1(c2ccc(OC(F)(F)F)cc2)CC[C@@H](Oc2cc3cc[nH]c(=O)c3cc2Cl)CC1. The van der Waals surface area contributed by atoms with Crippen molar-refractivity contribution >= 4 is 22.4 Å². The smallest absolute Gasteiger partial charge is 0.489 e. The summed E-state index contributed by atoms with van der Waals surface area (Å²) in [4.78, 5) is 14.6. The molecule has 0 spiro atoms. The summed E-state index contributed by atoms with van der Waals surface area (Å²) in [5.41, 5.74) is 6.86. The molecule has 3 aromatic rings. The van der Waals surface area contributed by atoms with E-state index in [1.165, 1.54) is 12.1 Å². The summed E-state index contributed by atoms with van der Waals surface area (Å²) >= 11 is 6.39. The molecule has 1 saturated carbocycles. The summed E-state index contributed by atoms with van der Waals surface area (Å²) in [5.74, 6) is 0.268. The van der Waals surface area contributed by atoms with Gasteiger partial charge in [0.1, 0.15) is 11.5 Å². The molecular weight excluding hydrogens is 469 g/mol. The molecule has 1 heterocycles. The highest BCUT2D eigenvalue weighted by Crippen LogP contribution is 2.44. The van der Waals surface area contributed by atoms with Crippen LogP contribution in [-0.2, 0) is 5.41 Å². The van der Waals surface area contributed by atoms with Gasteiger partial charge in [0.2, 0.25) is 0 Å². The van der Waals surface area contributed by atoms with Crippen LogP contribution >= 0.6 is 11.6 Å². The molecule has 2 aromatic carbocycles. The molecule has 5 nitrogen and oxygen atoms in total. The van der Waals surface area contributed by atoms with E-state index in [0.717, 1.165) is 30.2 Å². The van der Waals surface area contributed by atoms with Crippen molar-refractivity contribution in [2.75, 3.05) is 0 Å². The number of hydrogen-bond donors (Lipinski definition) is 2. The zero-order valence-corrected chi connectivity index (χ0v) is 19.4. The Kier molecular flexibility index (Phi) is 6.82. The fourth-order valence-corrected chi connectivity index (χ4v) is 5.14. The van der Waals surface area contributed by atoms with Crippen molar-refractivity contribution in [3.8, 4) is 11.5 Å². The van der Waals surface area contributed by atoms with Gasteiger partial charge in [0, 0.05) is 23.0 Å². The number of hydrogen-bond acceptors (Lipinski definition) is 4. The summed E-state index contributed by atoms with van der Waals surface area (Å²) in [5, 5.41) is 1.60. The van der Waals surface area contributed by atoms with Crippen LogP contribution < -0.4 is 20.8 Å². The third-order valence-corrected chi connectivity index (χ3v) is 7.05. The van der Waals surface area contributed by atoms with Crippen LogP contribution in [0.2, 0.25) is 5.02 Å². The number of alkyl halides is 3. The van der Waals surface area contributed by atoms with Gasteiger partial charge in [-0.25, -0.2) is 0 Å². The molecule has 1 aliphatic carbocycles. The van der Waals surface area contributed by atoms with E-state index in [9.17, 15) is 18.0 Å². The van der Waals surface area contributed by atoms with Crippen LogP contribution in [0.3, 0.4) is 0 Å². The molecule has 34 heavy (non-hydrogen) atoms. The number of aromatic amines is 1. The van der Waals surface area contributed by atoms with Crippen LogP contribution in [0, 0.1) is 0 Å². The van der Waals surface area contributed by atoms with E-state index < -0.39 is 6.36 Å². The molecule has 4 rings (SSSR count). The highest BCUT2D eigenvalue weighted by Gasteiger charge is 2.42. The monoisotopic (exact) mass is 494 g/mol. The minimum absolute atomic E-state index is 0.0954. The number of H-pyrrole nitrogens is 1. The summed E-state index contributed by atoms with van der Waals surface area (Å²) in [6.07, 6.45) is 0.337. The first-order chi connectivity index (χ1) is 16.1. The summed E-state index contributed by atoms with van der Waals surface area (Å²) in [6, 6.07) is 11.0. The largest absolute Gasteiger partial charge is 0.573 e. The number of aromatic nitrogens is 1. The Labute approximate surface area is 200 Å². The predicted molar refractivity (Wildman–Crippen MR) is 126 cm³/mol. The van der Waals surface area contributed by atoms with Gasteiger partial charge in [-0.05, 0) is 73.4 Å². The van der Waals surface area contributed by atoms with Crippen LogP contribution in [0.5, 0.6) is 11.5 Å². The molecule has 0 bridgehead atoms. The Bertz CT molecular complexity index is 1200. The van der Waals surface area contributed by atoms with E-state index >= 15 is 0 Å². The maximum atomic E-state index is 12.5. The average Bonchev–Trinajstić information content (AvgIpc) is 2.80. The number of nitrogens with one attached hydrogen (secondary N) is 1. The second-order valence-corrected chi connectivity index (χ2v) is 9.14. The Morgan fingerprint density at radius 2 is 1.85 bits per heavy atom. The van der Waals surface area contributed by atoms with Crippen molar-refractivity contribution in [2.45, 2.75) is 63.0 Å². The van der Waals surface area contributed by atoms with Crippen molar-refractivity contribution in [1.29, 1.82) is 0 Å². The first-order valence-electron chi connectivity index (χ1n) is 11.2. The number of pyridine rings is 1. The van der Waals surface area contributed by atoms with Crippen LogP contribution in [0.25, 0.3) is 10.8 Å². The number of ether oxygens (including phenoxy) is 2. The zero-order valence-electron chi connectivity index (χ0n) is 18.6. The summed E-state index contributed by atoms with van der Waals surface area (Å²) in [6.45, 7) is 2.01. The number of nitrogens with two attached hydrogens (primary N) is 1. The van der Waals surface area contributed by atoms with Gasteiger partial charge in [-0.2, -0.15) is 0 Å². The zero-order chi connectivity index (χ0) is 24.5. The molecule has 0 aliphatic heterocycles. The predicted octanol–water partition coefficient (Wildman–Crippen LogP) is 6.08.